The number of hydrogen-bond donors (Lipinski definition) is 0. The molecule has 5 heteroatoms. The van der Waals surface area contributed by atoms with Gasteiger partial charge >= 0.3 is 0 Å². The highest BCUT2D eigenvalue weighted by molar-refractivity contribution is 5.96. The second-order valence-electron chi connectivity index (χ2n) is 4.95. The van der Waals surface area contributed by atoms with Crippen LogP contribution in [0.15, 0.2) is 12.3 Å². The Labute approximate surface area is 107 Å². The Kier molecular flexibility index (Phi) is 3.41. The van der Waals surface area contributed by atoms with Gasteiger partial charge in [0.15, 0.2) is 0 Å². The van der Waals surface area contributed by atoms with Crippen LogP contribution in [-0.4, -0.2) is 50.1 Å². The second kappa shape index (κ2) is 4.84. The molecule has 0 spiro atoms. The van der Waals surface area contributed by atoms with Crippen molar-refractivity contribution in [2.45, 2.75) is 18.9 Å². The molecule has 0 aliphatic heterocycles. The zero-order chi connectivity index (χ0) is 13.3. The standard InChI is InChI=1S/C13H19N3O2/c1-15(2)12-7-11(18-9-5-6-9)10(8-14-12)13(17)16(3)4/h7-9H,5-6H2,1-4H3. The van der Waals surface area contributed by atoms with Gasteiger partial charge < -0.3 is 14.5 Å². The molecule has 0 N–H and O–H groups in total. The van der Waals surface area contributed by atoms with E-state index in [4.69, 9.17) is 4.74 Å². The first-order chi connectivity index (χ1) is 8.49. The van der Waals surface area contributed by atoms with Gasteiger partial charge in [0.1, 0.15) is 11.6 Å². The van der Waals surface area contributed by atoms with Crippen LogP contribution in [0.3, 0.4) is 0 Å². The monoisotopic (exact) mass is 249 g/mol. The van der Waals surface area contributed by atoms with E-state index in [1.165, 1.54) is 4.90 Å². The molecule has 1 heterocycles. The van der Waals surface area contributed by atoms with Gasteiger partial charge in [-0.1, -0.05) is 0 Å². The molecule has 0 bridgehead atoms. The molecule has 1 saturated carbocycles. The molecule has 98 valence electrons. The summed E-state index contributed by atoms with van der Waals surface area (Å²) < 4.78 is 5.80. The van der Waals surface area contributed by atoms with Crippen LogP contribution in [0.5, 0.6) is 5.75 Å². The van der Waals surface area contributed by atoms with E-state index in [9.17, 15) is 4.79 Å². The summed E-state index contributed by atoms with van der Waals surface area (Å²) in [5.41, 5.74) is 0.525. The van der Waals surface area contributed by atoms with Gasteiger partial charge in [-0.05, 0) is 12.8 Å². The highest BCUT2D eigenvalue weighted by Crippen LogP contribution is 2.31. The number of nitrogens with zero attached hydrogens (tertiary/aromatic N) is 3. The molecule has 1 aliphatic carbocycles. The van der Waals surface area contributed by atoms with E-state index in [0.29, 0.717) is 11.3 Å². The average Bonchev–Trinajstić information content (AvgIpc) is 3.11. The molecule has 0 aromatic carbocycles. The molecule has 1 fully saturated rings. The van der Waals surface area contributed by atoms with Crippen molar-refractivity contribution in [3.05, 3.63) is 17.8 Å². The van der Waals surface area contributed by atoms with Gasteiger partial charge in [0, 0.05) is 40.5 Å². The molecule has 1 aromatic heterocycles. The summed E-state index contributed by atoms with van der Waals surface area (Å²) in [6.45, 7) is 0. The van der Waals surface area contributed by atoms with Gasteiger partial charge in [0.2, 0.25) is 0 Å². The van der Waals surface area contributed by atoms with Crippen LogP contribution in [0.2, 0.25) is 0 Å². The van der Waals surface area contributed by atoms with E-state index in [2.05, 4.69) is 4.98 Å². The fourth-order valence-electron chi connectivity index (χ4n) is 1.54. The highest BCUT2D eigenvalue weighted by atomic mass is 16.5. The number of pyridine rings is 1. The summed E-state index contributed by atoms with van der Waals surface area (Å²) in [5.74, 6) is 1.35. The lowest BCUT2D eigenvalue weighted by molar-refractivity contribution is 0.0822. The Hall–Kier alpha value is -1.78. The Balaban J connectivity index is 2.34. The van der Waals surface area contributed by atoms with Crippen molar-refractivity contribution in [3.8, 4) is 5.75 Å². The molecule has 18 heavy (non-hydrogen) atoms. The van der Waals surface area contributed by atoms with Crippen molar-refractivity contribution in [2.75, 3.05) is 33.1 Å². The lowest BCUT2D eigenvalue weighted by atomic mass is 10.2. The predicted molar refractivity (Wildman–Crippen MR) is 70.2 cm³/mol. The third-order valence-corrected chi connectivity index (χ3v) is 2.76. The van der Waals surface area contributed by atoms with E-state index >= 15 is 0 Å². The molecule has 0 unspecified atom stereocenters. The van der Waals surface area contributed by atoms with Gasteiger partial charge in [0.25, 0.3) is 5.91 Å². The number of anilines is 1. The van der Waals surface area contributed by atoms with Crippen molar-refractivity contribution in [2.24, 2.45) is 0 Å². The fraction of sp³-hybridized carbons (Fsp3) is 0.538. The van der Waals surface area contributed by atoms with Crippen LogP contribution in [0.1, 0.15) is 23.2 Å². The van der Waals surface area contributed by atoms with Crippen LogP contribution < -0.4 is 9.64 Å². The maximum atomic E-state index is 12.0. The molecule has 0 atom stereocenters. The lowest BCUT2D eigenvalue weighted by Crippen LogP contribution is -2.23. The number of aromatic nitrogens is 1. The second-order valence-corrected chi connectivity index (χ2v) is 4.95. The zero-order valence-electron chi connectivity index (χ0n) is 11.3. The first kappa shape index (κ1) is 12.7. The Bertz CT molecular complexity index is 454. The SMILES string of the molecule is CN(C)C(=O)c1cnc(N(C)C)cc1OC1CC1. The minimum Gasteiger partial charge on any atom is -0.489 e. The molecule has 5 nitrogen and oxygen atoms in total. The molecule has 2 rings (SSSR count). The third kappa shape index (κ3) is 2.72. The summed E-state index contributed by atoms with van der Waals surface area (Å²) in [6, 6.07) is 1.83. The Morgan fingerprint density at radius 3 is 2.50 bits per heavy atom. The normalized spacial score (nSPS) is 14.2. The number of ether oxygens (including phenoxy) is 1. The van der Waals surface area contributed by atoms with Gasteiger partial charge in [-0.2, -0.15) is 0 Å². The molecule has 0 saturated heterocycles. The quantitative estimate of drug-likeness (QED) is 0.809. The van der Waals surface area contributed by atoms with Crippen molar-refractivity contribution >= 4 is 11.7 Å². The van der Waals surface area contributed by atoms with Gasteiger partial charge in [0.05, 0.1) is 11.7 Å². The Morgan fingerprint density at radius 1 is 1.33 bits per heavy atom. The molecule has 0 radical (unpaired) electrons. The summed E-state index contributed by atoms with van der Waals surface area (Å²) in [7, 11) is 7.28. The molecule has 1 aliphatic rings. The number of hydrogen-bond acceptors (Lipinski definition) is 4. The lowest BCUT2D eigenvalue weighted by Gasteiger charge is -2.17. The molecular weight excluding hydrogens is 230 g/mol. The van der Waals surface area contributed by atoms with E-state index < -0.39 is 0 Å². The maximum Gasteiger partial charge on any atom is 0.258 e. The first-order valence-electron chi connectivity index (χ1n) is 6.04. The van der Waals surface area contributed by atoms with E-state index in [-0.39, 0.29) is 12.0 Å². The van der Waals surface area contributed by atoms with E-state index in [1.807, 2.05) is 25.1 Å². The van der Waals surface area contributed by atoms with Gasteiger partial charge in [-0.15, -0.1) is 0 Å². The minimum atomic E-state index is -0.0801. The maximum absolute atomic E-state index is 12.0. The highest BCUT2D eigenvalue weighted by Gasteiger charge is 2.26. The summed E-state index contributed by atoms with van der Waals surface area (Å²) in [4.78, 5) is 19.7. The predicted octanol–water partition coefficient (Wildman–Crippen LogP) is 1.39. The number of carbonyl (C=O) groups is 1. The van der Waals surface area contributed by atoms with E-state index in [1.54, 1.807) is 20.3 Å². The van der Waals surface area contributed by atoms with Gasteiger partial charge in [-0.25, -0.2) is 4.98 Å². The smallest absolute Gasteiger partial charge is 0.258 e. The summed E-state index contributed by atoms with van der Waals surface area (Å²) >= 11 is 0. The van der Waals surface area contributed by atoms with Crippen molar-refractivity contribution in [3.63, 3.8) is 0 Å². The molecule has 1 aromatic rings. The van der Waals surface area contributed by atoms with Crippen molar-refractivity contribution < 1.29 is 9.53 Å². The van der Waals surface area contributed by atoms with E-state index in [0.717, 1.165) is 18.7 Å². The Morgan fingerprint density at radius 2 is 2.00 bits per heavy atom. The molecular formula is C13H19N3O2. The molecule has 1 amide bonds. The largest absolute Gasteiger partial charge is 0.489 e. The van der Waals surface area contributed by atoms with Crippen LogP contribution in [0.25, 0.3) is 0 Å². The first-order valence-corrected chi connectivity index (χ1v) is 6.04. The van der Waals surface area contributed by atoms with Crippen molar-refractivity contribution in [1.82, 2.24) is 9.88 Å². The number of carbonyl (C=O) groups excluding carboxylic acids is 1. The van der Waals surface area contributed by atoms with Crippen LogP contribution in [-0.2, 0) is 0 Å². The van der Waals surface area contributed by atoms with Crippen molar-refractivity contribution in [1.29, 1.82) is 0 Å². The zero-order valence-corrected chi connectivity index (χ0v) is 11.3. The minimum absolute atomic E-state index is 0.0801. The summed E-state index contributed by atoms with van der Waals surface area (Å²) in [6.07, 6.45) is 3.98. The van der Waals surface area contributed by atoms with Gasteiger partial charge in [-0.3, -0.25) is 4.79 Å². The third-order valence-electron chi connectivity index (χ3n) is 2.76. The summed E-state index contributed by atoms with van der Waals surface area (Å²) in [5, 5.41) is 0. The van der Waals surface area contributed by atoms with Crippen LogP contribution in [0.4, 0.5) is 5.82 Å². The van der Waals surface area contributed by atoms with Crippen LogP contribution in [0, 0.1) is 0 Å². The topological polar surface area (TPSA) is 45.7 Å². The number of amides is 1. The average molecular weight is 249 g/mol. The fourth-order valence-corrected chi connectivity index (χ4v) is 1.54. The van der Waals surface area contributed by atoms with Crippen LogP contribution >= 0.6 is 0 Å². The number of rotatable bonds is 4.